The molecule has 0 N–H and O–H groups in total. The second kappa shape index (κ2) is 17.2. The summed E-state index contributed by atoms with van der Waals surface area (Å²) in [5.41, 5.74) is 12.6. The molecular formula is C52H54Br2N2. The van der Waals surface area contributed by atoms with Gasteiger partial charge in [-0.15, -0.1) is 0 Å². The summed E-state index contributed by atoms with van der Waals surface area (Å²) in [7, 11) is 0. The van der Waals surface area contributed by atoms with Crippen LogP contribution in [0.4, 0.5) is 0 Å². The molecule has 0 fully saturated rings. The van der Waals surface area contributed by atoms with Crippen LogP contribution in [0.5, 0.6) is 0 Å². The van der Waals surface area contributed by atoms with E-state index in [0.29, 0.717) is 0 Å². The fourth-order valence-electron chi connectivity index (χ4n) is 9.10. The number of unbranched alkanes of at least 4 members (excludes halogenated alkanes) is 2. The third-order valence-corrected chi connectivity index (χ3v) is 13.6. The van der Waals surface area contributed by atoms with Gasteiger partial charge in [0, 0.05) is 41.9 Å². The van der Waals surface area contributed by atoms with Crippen LogP contribution in [0.3, 0.4) is 0 Å². The third-order valence-electron chi connectivity index (χ3n) is 12.3. The Hall–Kier alpha value is -4.12. The van der Waals surface area contributed by atoms with E-state index in [4.69, 9.17) is 0 Å². The van der Waals surface area contributed by atoms with Crippen molar-refractivity contribution in [2.75, 3.05) is 0 Å². The summed E-state index contributed by atoms with van der Waals surface area (Å²) >= 11 is 7.86. The lowest BCUT2D eigenvalue weighted by Crippen LogP contribution is -2.03. The fourth-order valence-corrected chi connectivity index (χ4v) is 10.2. The molecule has 0 aliphatic carbocycles. The van der Waals surface area contributed by atoms with Crippen molar-refractivity contribution in [1.29, 1.82) is 0 Å². The number of rotatable bonds is 15. The summed E-state index contributed by atoms with van der Waals surface area (Å²) < 4.78 is 7.09. The van der Waals surface area contributed by atoms with E-state index in [1.165, 1.54) is 129 Å². The molecule has 0 saturated heterocycles. The highest BCUT2D eigenvalue weighted by atomic mass is 79.9. The number of nitrogens with zero attached hydrogens (tertiary/aromatic N) is 2. The van der Waals surface area contributed by atoms with E-state index in [0.717, 1.165) is 33.6 Å². The molecule has 8 aromatic rings. The molecular weight excluding hydrogens is 812 g/mol. The van der Waals surface area contributed by atoms with E-state index in [-0.39, 0.29) is 0 Å². The molecule has 2 atom stereocenters. The van der Waals surface area contributed by atoms with Crippen LogP contribution in [0.1, 0.15) is 90.2 Å². The molecule has 2 aromatic heterocycles. The third kappa shape index (κ3) is 7.52. The van der Waals surface area contributed by atoms with Crippen LogP contribution in [-0.4, -0.2) is 9.13 Å². The van der Waals surface area contributed by atoms with Crippen molar-refractivity contribution in [2.24, 2.45) is 11.8 Å². The van der Waals surface area contributed by atoms with Gasteiger partial charge < -0.3 is 9.13 Å². The van der Waals surface area contributed by atoms with Gasteiger partial charge in [0.15, 0.2) is 0 Å². The molecule has 2 heterocycles. The van der Waals surface area contributed by atoms with Crippen molar-refractivity contribution in [3.63, 3.8) is 0 Å². The van der Waals surface area contributed by atoms with Gasteiger partial charge in [0.1, 0.15) is 0 Å². The van der Waals surface area contributed by atoms with Gasteiger partial charge in [-0.25, -0.2) is 0 Å². The minimum atomic E-state index is 0.741. The van der Waals surface area contributed by atoms with Crippen molar-refractivity contribution >= 4 is 75.5 Å². The Morgan fingerprint density at radius 1 is 0.464 bits per heavy atom. The van der Waals surface area contributed by atoms with Gasteiger partial charge in [-0.3, -0.25) is 0 Å². The van der Waals surface area contributed by atoms with Crippen molar-refractivity contribution in [2.45, 2.75) is 91.9 Å². The zero-order valence-corrected chi connectivity index (χ0v) is 36.6. The monoisotopic (exact) mass is 864 g/mol. The maximum atomic E-state index is 3.93. The van der Waals surface area contributed by atoms with E-state index in [1.807, 2.05) is 0 Å². The van der Waals surface area contributed by atoms with Gasteiger partial charge in [-0.1, -0.05) is 140 Å². The van der Waals surface area contributed by atoms with Crippen molar-refractivity contribution in [3.8, 4) is 22.5 Å². The first-order valence-electron chi connectivity index (χ1n) is 21.1. The van der Waals surface area contributed by atoms with Crippen LogP contribution < -0.4 is 0 Å². The van der Waals surface area contributed by atoms with E-state index in [1.54, 1.807) is 0 Å². The van der Waals surface area contributed by atoms with Crippen LogP contribution in [0, 0.1) is 11.8 Å². The Labute approximate surface area is 350 Å². The summed E-state index contributed by atoms with van der Waals surface area (Å²) in [5, 5.41) is 5.24. The molecule has 0 amide bonds. The molecule has 2 nitrogen and oxygen atoms in total. The molecule has 0 saturated carbocycles. The first-order chi connectivity index (χ1) is 27.4. The highest BCUT2D eigenvalue weighted by Gasteiger charge is 2.19. The summed E-state index contributed by atoms with van der Waals surface area (Å²) in [5.74, 6) is 1.48. The van der Waals surface area contributed by atoms with Gasteiger partial charge in [-0.2, -0.15) is 0 Å². The maximum absolute atomic E-state index is 3.93. The van der Waals surface area contributed by atoms with E-state index in [2.05, 4.69) is 190 Å². The molecule has 0 spiro atoms. The molecule has 56 heavy (non-hydrogen) atoms. The first kappa shape index (κ1) is 38.7. The normalized spacial score (nSPS) is 13.0. The van der Waals surface area contributed by atoms with Gasteiger partial charge in [0.25, 0.3) is 0 Å². The largest absolute Gasteiger partial charge is 0.308 e. The van der Waals surface area contributed by atoms with E-state index in [9.17, 15) is 0 Å². The van der Waals surface area contributed by atoms with Gasteiger partial charge in [0.05, 0.1) is 22.1 Å². The highest BCUT2D eigenvalue weighted by molar-refractivity contribution is 9.11. The van der Waals surface area contributed by atoms with Crippen molar-refractivity contribution in [3.05, 3.63) is 141 Å². The number of hydrogen-bond acceptors (Lipinski definition) is 0. The molecule has 0 aliphatic heterocycles. The lowest BCUT2D eigenvalue weighted by molar-refractivity contribution is 0.449. The molecule has 2 unspecified atom stereocenters. The predicted octanol–water partition coefficient (Wildman–Crippen LogP) is 16.6. The Morgan fingerprint density at radius 2 is 0.875 bits per heavy atom. The Balaban J connectivity index is 1.11. The minimum absolute atomic E-state index is 0.741. The number of hydrogen-bond donors (Lipinski definition) is 0. The zero-order valence-electron chi connectivity index (χ0n) is 33.4. The second-order valence-corrected chi connectivity index (χ2v) is 17.7. The van der Waals surface area contributed by atoms with Crippen molar-refractivity contribution < 1.29 is 0 Å². The first-order valence-corrected chi connectivity index (χ1v) is 22.6. The van der Waals surface area contributed by atoms with E-state index < -0.39 is 0 Å². The quantitative estimate of drug-likeness (QED) is 0.0972. The smallest absolute Gasteiger partial charge is 0.0683 e. The van der Waals surface area contributed by atoms with Crippen LogP contribution in [0.2, 0.25) is 0 Å². The lowest BCUT2D eigenvalue weighted by atomic mass is 9.91. The zero-order chi connectivity index (χ0) is 38.8. The summed E-state index contributed by atoms with van der Waals surface area (Å²) in [4.78, 5) is 0. The highest BCUT2D eigenvalue weighted by Crippen LogP contribution is 2.40. The molecule has 286 valence electrons. The average Bonchev–Trinajstić information content (AvgIpc) is 3.75. The summed E-state index contributed by atoms with van der Waals surface area (Å²) in [6.45, 7) is 9.28. The van der Waals surface area contributed by atoms with Gasteiger partial charge in [-0.05, 0) is 139 Å². The molecule has 0 aliphatic rings. The Kier molecular flexibility index (Phi) is 11.9. The number of halogens is 2. The SMILES string of the molecule is CCCCC(CC)Cc1ccc2c(c1)c1cccc(Br)c1n2-c1ccc(-c2ccc(-n3c4ccc(CC(CC)CCCC)cc4c4cccc(Br)c43)cc2)cc1. The Bertz CT molecular complexity index is 2420. The second-order valence-electron chi connectivity index (χ2n) is 16.0. The number of benzene rings is 6. The summed E-state index contributed by atoms with van der Waals surface area (Å²) in [6, 6.07) is 45.7. The number of para-hydroxylation sites is 2. The van der Waals surface area contributed by atoms with Crippen LogP contribution >= 0.6 is 31.9 Å². The van der Waals surface area contributed by atoms with Crippen LogP contribution in [-0.2, 0) is 12.8 Å². The van der Waals surface area contributed by atoms with Crippen LogP contribution in [0.15, 0.2) is 130 Å². The minimum Gasteiger partial charge on any atom is -0.308 e. The lowest BCUT2D eigenvalue weighted by Gasteiger charge is -2.15. The Morgan fingerprint density at radius 3 is 1.25 bits per heavy atom. The number of fused-ring (bicyclic) bond motifs is 6. The molecule has 6 aromatic carbocycles. The molecule has 4 heteroatoms. The molecule has 8 rings (SSSR count). The van der Waals surface area contributed by atoms with Gasteiger partial charge >= 0.3 is 0 Å². The standard InChI is InChI=1S/C52H54Br2N2/c1-5-9-13-35(7-3)31-37-19-29-49-45(33-37)43-15-11-17-47(53)51(43)55(49)41-25-21-39(22-26-41)40-23-27-42(28-24-40)56-50-30-20-38(32-36(8-4)14-10-6-2)34-46(50)44-16-12-18-48(54)52(44)56/h11-12,15-30,33-36H,5-10,13-14,31-32H2,1-4H3. The molecule has 0 radical (unpaired) electrons. The summed E-state index contributed by atoms with van der Waals surface area (Å²) in [6.07, 6.45) is 12.5. The van der Waals surface area contributed by atoms with Crippen LogP contribution in [0.25, 0.3) is 66.1 Å². The van der Waals surface area contributed by atoms with E-state index >= 15 is 0 Å². The average molecular weight is 867 g/mol. The molecule has 0 bridgehead atoms. The predicted molar refractivity (Wildman–Crippen MR) is 250 cm³/mol. The van der Waals surface area contributed by atoms with Gasteiger partial charge in [0.2, 0.25) is 0 Å². The topological polar surface area (TPSA) is 9.86 Å². The maximum Gasteiger partial charge on any atom is 0.0683 e. The fraction of sp³-hybridized carbons (Fsp3) is 0.308. The number of aromatic nitrogens is 2. The van der Waals surface area contributed by atoms with Crippen molar-refractivity contribution in [1.82, 2.24) is 9.13 Å².